The summed E-state index contributed by atoms with van der Waals surface area (Å²) < 4.78 is 5.81. The average Bonchev–Trinajstić information content (AvgIpc) is 2.91. The zero-order chi connectivity index (χ0) is 13.8. The van der Waals surface area contributed by atoms with Crippen molar-refractivity contribution in [3.05, 3.63) is 0 Å². The van der Waals surface area contributed by atoms with Crippen LogP contribution in [0.1, 0.15) is 40.5 Å². The molecule has 1 aliphatic carbocycles. The molecule has 4 atom stereocenters. The Hall–Kier alpha value is -0.610. The number of rotatable bonds is 3. The van der Waals surface area contributed by atoms with E-state index in [4.69, 9.17) is 4.74 Å². The van der Waals surface area contributed by atoms with Gasteiger partial charge in [0.25, 0.3) is 0 Å². The number of fused-ring (bicyclic) bond motifs is 1. The summed E-state index contributed by atoms with van der Waals surface area (Å²) in [4.78, 5) is 14.3. The largest absolute Gasteiger partial charge is 0.377 e. The molecule has 1 N–H and O–H groups in total. The van der Waals surface area contributed by atoms with Crippen molar-refractivity contribution in [3.63, 3.8) is 0 Å². The predicted molar refractivity (Wildman–Crippen MR) is 73.8 cm³/mol. The number of ether oxygens (including phenoxy) is 1. The number of likely N-dealkylation sites (tertiary alicyclic amines) is 1. The average molecular weight is 266 g/mol. The van der Waals surface area contributed by atoms with E-state index in [1.165, 1.54) is 0 Å². The lowest BCUT2D eigenvalue weighted by Gasteiger charge is -2.55. The molecular weight excluding hydrogens is 240 g/mol. The van der Waals surface area contributed by atoms with Crippen LogP contribution in [0.5, 0.6) is 0 Å². The van der Waals surface area contributed by atoms with Crippen LogP contribution in [0, 0.1) is 11.3 Å². The quantitative estimate of drug-likeness (QED) is 0.839. The minimum atomic E-state index is 0.0215. The van der Waals surface area contributed by atoms with E-state index < -0.39 is 0 Å². The Morgan fingerprint density at radius 3 is 2.74 bits per heavy atom. The molecule has 0 bridgehead atoms. The molecule has 4 heteroatoms. The Bertz CT molecular complexity index is 380. The topological polar surface area (TPSA) is 41.6 Å². The summed E-state index contributed by atoms with van der Waals surface area (Å²) in [6, 6.07) is 0.769. The van der Waals surface area contributed by atoms with Gasteiger partial charge in [0.1, 0.15) is 0 Å². The molecule has 1 saturated carbocycles. The molecule has 2 heterocycles. The second-order valence-corrected chi connectivity index (χ2v) is 7.18. The zero-order valence-electron chi connectivity index (χ0n) is 12.5. The van der Waals surface area contributed by atoms with Crippen LogP contribution < -0.4 is 5.32 Å². The molecule has 3 rings (SSSR count). The number of hydrogen-bond donors (Lipinski definition) is 1. The van der Waals surface area contributed by atoms with Gasteiger partial charge in [-0.25, -0.2) is 0 Å². The van der Waals surface area contributed by atoms with E-state index in [-0.39, 0.29) is 17.4 Å². The van der Waals surface area contributed by atoms with E-state index in [1.807, 2.05) is 4.90 Å². The SMILES string of the molecule is CC(C)N1CCC(NC2C3CCOC3C2(C)C)C1=O. The molecule has 0 spiro atoms. The lowest BCUT2D eigenvalue weighted by molar-refractivity contribution is -0.136. The third-order valence-corrected chi connectivity index (χ3v) is 5.34. The van der Waals surface area contributed by atoms with E-state index in [9.17, 15) is 4.79 Å². The van der Waals surface area contributed by atoms with Crippen LogP contribution in [-0.2, 0) is 9.53 Å². The fraction of sp³-hybridized carbons (Fsp3) is 0.933. The molecule has 2 saturated heterocycles. The number of carbonyl (C=O) groups excluding carboxylic acids is 1. The molecule has 0 aromatic rings. The van der Waals surface area contributed by atoms with Crippen molar-refractivity contribution in [1.29, 1.82) is 0 Å². The highest BCUT2D eigenvalue weighted by Gasteiger charge is 2.60. The van der Waals surface area contributed by atoms with Crippen LogP contribution in [0.2, 0.25) is 0 Å². The molecule has 0 aromatic heterocycles. The van der Waals surface area contributed by atoms with E-state index in [0.29, 0.717) is 24.1 Å². The van der Waals surface area contributed by atoms with E-state index in [2.05, 4.69) is 33.0 Å². The minimum Gasteiger partial charge on any atom is -0.377 e. The first-order valence-corrected chi connectivity index (χ1v) is 7.61. The summed E-state index contributed by atoms with van der Waals surface area (Å²) in [5, 5.41) is 3.64. The van der Waals surface area contributed by atoms with Crippen LogP contribution in [0.25, 0.3) is 0 Å². The summed E-state index contributed by atoms with van der Waals surface area (Å²) >= 11 is 0. The van der Waals surface area contributed by atoms with Crippen LogP contribution in [0.3, 0.4) is 0 Å². The third kappa shape index (κ3) is 1.91. The first-order chi connectivity index (χ1) is 8.93. The van der Waals surface area contributed by atoms with Crippen LogP contribution in [0.4, 0.5) is 0 Å². The maximum absolute atomic E-state index is 12.4. The van der Waals surface area contributed by atoms with Gasteiger partial charge in [-0.2, -0.15) is 0 Å². The number of nitrogens with one attached hydrogen (secondary N) is 1. The summed E-state index contributed by atoms with van der Waals surface area (Å²) in [6.07, 6.45) is 2.48. The van der Waals surface area contributed by atoms with Gasteiger partial charge in [-0.05, 0) is 26.7 Å². The van der Waals surface area contributed by atoms with Crippen molar-refractivity contribution < 1.29 is 9.53 Å². The number of amides is 1. The predicted octanol–water partition coefficient (Wildman–Crippen LogP) is 1.40. The Morgan fingerprint density at radius 2 is 2.11 bits per heavy atom. The van der Waals surface area contributed by atoms with Crippen molar-refractivity contribution >= 4 is 5.91 Å². The minimum absolute atomic E-state index is 0.0215. The monoisotopic (exact) mass is 266 g/mol. The highest BCUT2D eigenvalue weighted by Crippen LogP contribution is 2.52. The Morgan fingerprint density at radius 1 is 1.37 bits per heavy atom. The van der Waals surface area contributed by atoms with Gasteiger partial charge in [-0.1, -0.05) is 13.8 Å². The molecule has 2 aliphatic heterocycles. The van der Waals surface area contributed by atoms with E-state index in [0.717, 1.165) is 26.0 Å². The van der Waals surface area contributed by atoms with Gasteiger partial charge in [0, 0.05) is 36.6 Å². The van der Waals surface area contributed by atoms with Crippen molar-refractivity contribution in [2.75, 3.05) is 13.2 Å². The maximum atomic E-state index is 12.4. The van der Waals surface area contributed by atoms with Gasteiger partial charge < -0.3 is 15.0 Å². The molecule has 3 aliphatic rings. The lowest BCUT2D eigenvalue weighted by atomic mass is 9.57. The van der Waals surface area contributed by atoms with Crippen LogP contribution in [0.15, 0.2) is 0 Å². The van der Waals surface area contributed by atoms with Gasteiger partial charge in [-0.15, -0.1) is 0 Å². The normalized spacial score (nSPS) is 40.7. The summed E-state index contributed by atoms with van der Waals surface area (Å²) in [7, 11) is 0. The summed E-state index contributed by atoms with van der Waals surface area (Å²) in [6.45, 7) is 10.5. The fourth-order valence-corrected chi connectivity index (χ4v) is 4.25. The molecule has 0 radical (unpaired) electrons. The smallest absolute Gasteiger partial charge is 0.240 e. The summed E-state index contributed by atoms with van der Waals surface area (Å²) in [5.74, 6) is 0.893. The molecular formula is C15H26N2O2. The first-order valence-electron chi connectivity index (χ1n) is 7.61. The second kappa shape index (κ2) is 4.45. The Labute approximate surface area is 115 Å². The van der Waals surface area contributed by atoms with Crippen LogP contribution >= 0.6 is 0 Å². The number of nitrogens with zero attached hydrogens (tertiary/aromatic N) is 1. The van der Waals surface area contributed by atoms with Gasteiger partial charge in [0.15, 0.2) is 0 Å². The molecule has 4 nitrogen and oxygen atoms in total. The van der Waals surface area contributed by atoms with Gasteiger partial charge in [0.2, 0.25) is 5.91 Å². The van der Waals surface area contributed by atoms with Crippen molar-refractivity contribution in [2.24, 2.45) is 11.3 Å². The summed E-state index contributed by atoms with van der Waals surface area (Å²) in [5.41, 5.74) is 0.159. The number of carbonyl (C=O) groups is 1. The Balaban J connectivity index is 1.65. The van der Waals surface area contributed by atoms with E-state index >= 15 is 0 Å². The molecule has 3 fully saturated rings. The van der Waals surface area contributed by atoms with Crippen molar-refractivity contribution in [3.8, 4) is 0 Å². The second-order valence-electron chi connectivity index (χ2n) is 7.18. The van der Waals surface area contributed by atoms with Gasteiger partial charge in [0.05, 0.1) is 12.1 Å². The van der Waals surface area contributed by atoms with E-state index in [1.54, 1.807) is 0 Å². The Kier molecular flexibility index (Phi) is 3.13. The maximum Gasteiger partial charge on any atom is 0.240 e. The highest BCUT2D eigenvalue weighted by atomic mass is 16.5. The van der Waals surface area contributed by atoms with Gasteiger partial charge in [-0.3, -0.25) is 4.79 Å². The molecule has 19 heavy (non-hydrogen) atoms. The first kappa shape index (κ1) is 13.4. The third-order valence-electron chi connectivity index (χ3n) is 5.34. The molecule has 0 aromatic carbocycles. The molecule has 4 unspecified atom stereocenters. The molecule has 108 valence electrons. The van der Waals surface area contributed by atoms with Crippen molar-refractivity contribution in [2.45, 2.75) is 64.8 Å². The fourth-order valence-electron chi connectivity index (χ4n) is 4.25. The highest BCUT2D eigenvalue weighted by molar-refractivity contribution is 5.84. The zero-order valence-corrected chi connectivity index (χ0v) is 12.5. The lowest BCUT2D eigenvalue weighted by Crippen LogP contribution is -2.68. The van der Waals surface area contributed by atoms with Crippen molar-refractivity contribution in [1.82, 2.24) is 10.2 Å². The standard InChI is InChI=1S/C15H26N2O2/c1-9(2)17-7-5-11(14(17)18)16-12-10-6-8-19-13(10)15(12,3)4/h9-13,16H,5-8H2,1-4H3. The number of hydrogen-bond acceptors (Lipinski definition) is 3. The van der Waals surface area contributed by atoms with Gasteiger partial charge >= 0.3 is 0 Å². The molecule has 1 amide bonds. The van der Waals surface area contributed by atoms with Crippen LogP contribution in [-0.4, -0.2) is 48.2 Å².